The van der Waals surface area contributed by atoms with Gasteiger partial charge in [0.2, 0.25) is 0 Å². The fourth-order valence-corrected chi connectivity index (χ4v) is 3.26. The molecule has 29 heavy (non-hydrogen) atoms. The van der Waals surface area contributed by atoms with Crippen molar-refractivity contribution < 1.29 is 14.6 Å². The first-order valence-corrected chi connectivity index (χ1v) is 9.53. The molecule has 0 atom stereocenters. The number of aromatic amines is 1. The predicted molar refractivity (Wildman–Crippen MR) is 113 cm³/mol. The number of phenolic OH excluding ortho intramolecular Hbond substituents is 1. The second-order valence-electron chi connectivity index (χ2n) is 6.85. The Labute approximate surface area is 169 Å². The fourth-order valence-electron chi connectivity index (χ4n) is 3.26. The van der Waals surface area contributed by atoms with Gasteiger partial charge in [-0.25, -0.2) is 0 Å². The van der Waals surface area contributed by atoms with Crippen LogP contribution in [0, 0.1) is 0 Å². The molecule has 1 heterocycles. The van der Waals surface area contributed by atoms with E-state index in [9.17, 15) is 9.90 Å². The van der Waals surface area contributed by atoms with Gasteiger partial charge in [-0.2, -0.15) is 0 Å². The summed E-state index contributed by atoms with van der Waals surface area (Å²) in [5, 5.41) is 13.5. The average Bonchev–Trinajstić information content (AvgIpc) is 3.15. The lowest BCUT2D eigenvalue weighted by atomic mass is 10.1. The minimum Gasteiger partial charge on any atom is -0.508 e. The Hall–Kier alpha value is -3.73. The topological polar surface area (TPSA) is 74.4 Å². The molecule has 0 spiro atoms. The Morgan fingerprint density at radius 1 is 1.00 bits per heavy atom. The third kappa shape index (κ3) is 4.58. The standard InChI is InChI=1S/C24H22N2O3/c27-20-8-4-7-18(13-20)24(28)25-12-11-19-15-26-23-14-21(9-10-22(19)23)29-16-17-5-2-1-3-6-17/h1-10,13-15,26-27H,11-12,16H2,(H,25,28). The van der Waals surface area contributed by atoms with E-state index in [1.165, 1.54) is 6.07 Å². The third-order valence-corrected chi connectivity index (χ3v) is 4.78. The summed E-state index contributed by atoms with van der Waals surface area (Å²) in [6.07, 6.45) is 2.67. The monoisotopic (exact) mass is 386 g/mol. The number of hydrogen-bond acceptors (Lipinski definition) is 3. The van der Waals surface area contributed by atoms with Gasteiger partial charge in [0, 0.05) is 35.3 Å². The van der Waals surface area contributed by atoms with E-state index < -0.39 is 0 Å². The number of benzene rings is 3. The van der Waals surface area contributed by atoms with Gasteiger partial charge in [0.05, 0.1) is 0 Å². The molecule has 0 aliphatic rings. The van der Waals surface area contributed by atoms with Crippen LogP contribution in [0.1, 0.15) is 21.5 Å². The third-order valence-electron chi connectivity index (χ3n) is 4.78. The number of H-pyrrole nitrogens is 1. The zero-order valence-electron chi connectivity index (χ0n) is 15.9. The molecule has 5 nitrogen and oxygen atoms in total. The molecule has 0 unspecified atom stereocenters. The molecule has 4 aromatic rings. The summed E-state index contributed by atoms with van der Waals surface area (Å²) in [4.78, 5) is 15.5. The second kappa shape index (κ2) is 8.52. The second-order valence-corrected chi connectivity index (χ2v) is 6.85. The Bertz CT molecular complexity index is 1120. The number of phenols is 1. The Kier molecular flexibility index (Phi) is 5.47. The van der Waals surface area contributed by atoms with Gasteiger partial charge in [-0.3, -0.25) is 4.79 Å². The molecule has 0 radical (unpaired) electrons. The first kappa shape index (κ1) is 18.6. The molecule has 1 aromatic heterocycles. The zero-order valence-corrected chi connectivity index (χ0v) is 15.9. The summed E-state index contributed by atoms with van der Waals surface area (Å²) >= 11 is 0. The summed E-state index contributed by atoms with van der Waals surface area (Å²) in [5.74, 6) is 0.698. The maximum Gasteiger partial charge on any atom is 0.251 e. The lowest BCUT2D eigenvalue weighted by Gasteiger charge is -2.07. The molecule has 0 saturated heterocycles. The summed E-state index contributed by atoms with van der Waals surface area (Å²) in [6.45, 7) is 1.04. The van der Waals surface area contributed by atoms with Crippen LogP contribution in [0.3, 0.4) is 0 Å². The van der Waals surface area contributed by atoms with Crippen LogP contribution < -0.4 is 10.1 Å². The van der Waals surface area contributed by atoms with Gasteiger partial charge in [0.1, 0.15) is 18.1 Å². The first-order chi connectivity index (χ1) is 14.2. The zero-order chi connectivity index (χ0) is 20.1. The van der Waals surface area contributed by atoms with Crippen LogP contribution in [0.15, 0.2) is 79.0 Å². The Morgan fingerprint density at radius 3 is 2.69 bits per heavy atom. The van der Waals surface area contributed by atoms with Crippen molar-refractivity contribution in [2.75, 3.05) is 6.54 Å². The minimum absolute atomic E-state index is 0.0829. The largest absolute Gasteiger partial charge is 0.508 e. The van der Waals surface area contributed by atoms with E-state index in [1.807, 2.05) is 54.7 Å². The lowest BCUT2D eigenvalue weighted by Crippen LogP contribution is -2.25. The van der Waals surface area contributed by atoms with Crippen molar-refractivity contribution in [1.29, 1.82) is 0 Å². The van der Waals surface area contributed by atoms with Crippen LogP contribution in [-0.2, 0) is 13.0 Å². The van der Waals surface area contributed by atoms with Gasteiger partial charge >= 0.3 is 0 Å². The molecular formula is C24H22N2O3. The van der Waals surface area contributed by atoms with Gasteiger partial charge in [-0.05, 0) is 47.9 Å². The minimum atomic E-state index is -0.197. The van der Waals surface area contributed by atoms with Crippen molar-refractivity contribution in [1.82, 2.24) is 10.3 Å². The molecule has 3 aromatic carbocycles. The quantitative estimate of drug-likeness (QED) is 0.440. The van der Waals surface area contributed by atoms with Gasteiger partial charge in [0.25, 0.3) is 5.91 Å². The molecule has 0 bridgehead atoms. The van der Waals surface area contributed by atoms with Crippen LogP contribution >= 0.6 is 0 Å². The van der Waals surface area contributed by atoms with Gasteiger partial charge in [-0.1, -0.05) is 36.4 Å². The number of ether oxygens (including phenoxy) is 1. The van der Waals surface area contributed by atoms with Crippen molar-refractivity contribution in [2.45, 2.75) is 13.0 Å². The summed E-state index contributed by atoms with van der Waals surface area (Å²) < 4.78 is 5.88. The number of hydrogen-bond donors (Lipinski definition) is 3. The highest BCUT2D eigenvalue weighted by atomic mass is 16.5. The highest BCUT2D eigenvalue weighted by molar-refractivity contribution is 5.94. The van der Waals surface area contributed by atoms with E-state index in [0.29, 0.717) is 25.1 Å². The predicted octanol–water partition coefficient (Wildman–Crippen LogP) is 4.43. The first-order valence-electron chi connectivity index (χ1n) is 9.53. The van der Waals surface area contributed by atoms with Crippen LogP contribution in [0.2, 0.25) is 0 Å². The molecule has 0 aliphatic carbocycles. The van der Waals surface area contributed by atoms with Crippen LogP contribution in [0.4, 0.5) is 0 Å². The van der Waals surface area contributed by atoms with Gasteiger partial charge < -0.3 is 20.1 Å². The molecule has 0 fully saturated rings. The van der Waals surface area contributed by atoms with E-state index in [1.54, 1.807) is 18.2 Å². The molecule has 4 rings (SSSR count). The van der Waals surface area contributed by atoms with Crippen molar-refractivity contribution >= 4 is 16.8 Å². The van der Waals surface area contributed by atoms with Crippen molar-refractivity contribution in [3.05, 3.63) is 95.7 Å². The normalized spacial score (nSPS) is 10.8. The van der Waals surface area contributed by atoms with Crippen molar-refractivity contribution in [3.63, 3.8) is 0 Å². The Morgan fingerprint density at radius 2 is 1.86 bits per heavy atom. The van der Waals surface area contributed by atoms with E-state index in [2.05, 4.69) is 10.3 Å². The molecule has 0 saturated carbocycles. The van der Waals surface area contributed by atoms with E-state index >= 15 is 0 Å². The smallest absolute Gasteiger partial charge is 0.251 e. The van der Waals surface area contributed by atoms with E-state index in [4.69, 9.17) is 4.74 Å². The Balaban J connectivity index is 1.35. The molecular weight excluding hydrogens is 364 g/mol. The van der Waals surface area contributed by atoms with Crippen molar-refractivity contribution in [2.24, 2.45) is 0 Å². The van der Waals surface area contributed by atoms with Crippen LogP contribution in [0.5, 0.6) is 11.5 Å². The SMILES string of the molecule is O=C(NCCc1c[nH]c2cc(OCc3ccccc3)ccc12)c1cccc(O)c1. The molecule has 146 valence electrons. The average molecular weight is 386 g/mol. The number of carbonyl (C=O) groups excluding carboxylic acids is 1. The number of carbonyl (C=O) groups is 1. The van der Waals surface area contributed by atoms with Crippen molar-refractivity contribution in [3.8, 4) is 11.5 Å². The molecule has 1 amide bonds. The number of aromatic hydroxyl groups is 1. The van der Waals surface area contributed by atoms with Gasteiger partial charge in [-0.15, -0.1) is 0 Å². The molecule has 3 N–H and O–H groups in total. The van der Waals surface area contributed by atoms with Crippen LogP contribution in [0.25, 0.3) is 10.9 Å². The van der Waals surface area contributed by atoms with E-state index in [-0.39, 0.29) is 11.7 Å². The van der Waals surface area contributed by atoms with Crippen LogP contribution in [-0.4, -0.2) is 22.5 Å². The lowest BCUT2D eigenvalue weighted by molar-refractivity contribution is 0.0953. The highest BCUT2D eigenvalue weighted by Crippen LogP contribution is 2.24. The fraction of sp³-hybridized carbons (Fsp3) is 0.125. The molecule has 5 heteroatoms. The maximum atomic E-state index is 12.2. The number of nitrogens with one attached hydrogen (secondary N) is 2. The maximum absolute atomic E-state index is 12.2. The number of aromatic nitrogens is 1. The number of fused-ring (bicyclic) bond motifs is 1. The summed E-state index contributed by atoms with van der Waals surface area (Å²) in [5.41, 5.74) is 3.71. The summed E-state index contributed by atoms with van der Waals surface area (Å²) in [6, 6.07) is 22.4. The number of amides is 1. The highest BCUT2D eigenvalue weighted by Gasteiger charge is 2.08. The molecule has 0 aliphatic heterocycles. The summed E-state index contributed by atoms with van der Waals surface area (Å²) in [7, 11) is 0. The van der Waals surface area contributed by atoms with E-state index in [0.717, 1.165) is 27.8 Å². The number of rotatable bonds is 7. The van der Waals surface area contributed by atoms with Gasteiger partial charge in [0.15, 0.2) is 0 Å².